The molecule has 132 valence electrons. The highest BCUT2D eigenvalue weighted by Gasteiger charge is 2.32. The lowest BCUT2D eigenvalue weighted by Crippen LogP contribution is -2.33. The van der Waals surface area contributed by atoms with Gasteiger partial charge in [0.25, 0.3) is 0 Å². The van der Waals surface area contributed by atoms with Crippen molar-refractivity contribution in [3.63, 3.8) is 0 Å². The number of ether oxygens (including phenoxy) is 2. The van der Waals surface area contributed by atoms with Gasteiger partial charge >= 0.3 is 0 Å². The number of phenolic OH excluding ortho intramolecular Hbond substituents is 1. The molecule has 0 amide bonds. The van der Waals surface area contributed by atoms with E-state index in [9.17, 15) is 5.11 Å². The summed E-state index contributed by atoms with van der Waals surface area (Å²) in [6, 6.07) is 8.34. The highest BCUT2D eigenvalue weighted by atomic mass is 16.5. The first-order valence-corrected chi connectivity index (χ1v) is 9.11. The molecule has 0 radical (unpaired) electrons. The summed E-state index contributed by atoms with van der Waals surface area (Å²) < 4.78 is 12.3. The van der Waals surface area contributed by atoms with Gasteiger partial charge in [0.2, 0.25) is 0 Å². The molecule has 2 aliphatic rings. The largest absolute Gasteiger partial charge is 0.507 e. The lowest BCUT2D eigenvalue weighted by atomic mass is 9.85. The summed E-state index contributed by atoms with van der Waals surface area (Å²) in [6.07, 6.45) is 2.88. The molecule has 4 rings (SSSR count). The summed E-state index contributed by atoms with van der Waals surface area (Å²) in [5.41, 5.74) is 5.39. The first kappa shape index (κ1) is 16.3. The Labute approximate surface area is 149 Å². The van der Waals surface area contributed by atoms with Crippen LogP contribution in [0.25, 0.3) is 0 Å². The van der Waals surface area contributed by atoms with Crippen LogP contribution < -0.4 is 9.47 Å². The Balaban J connectivity index is 1.66. The highest BCUT2D eigenvalue weighted by molar-refractivity contribution is 5.54. The van der Waals surface area contributed by atoms with Crippen LogP contribution in [0.5, 0.6) is 17.2 Å². The van der Waals surface area contributed by atoms with E-state index in [-0.39, 0.29) is 11.5 Å². The third-order valence-electron chi connectivity index (χ3n) is 5.73. The molecule has 0 bridgehead atoms. The zero-order valence-electron chi connectivity index (χ0n) is 15.5. The molecule has 1 unspecified atom stereocenters. The van der Waals surface area contributed by atoms with E-state index in [1.165, 1.54) is 11.1 Å². The summed E-state index contributed by atoms with van der Waals surface area (Å²) in [4.78, 5) is 0. The average molecular weight is 338 g/mol. The van der Waals surface area contributed by atoms with Crippen molar-refractivity contribution in [1.82, 2.24) is 0 Å². The third kappa shape index (κ3) is 2.76. The molecule has 3 heteroatoms. The van der Waals surface area contributed by atoms with E-state index in [1.54, 1.807) is 0 Å². The smallest absolute Gasteiger partial charge is 0.129 e. The second kappa shape index (κ2) is 5.69. The van der Waals surface area contributed by atoms with Gasteiger partial charge in [0.15, 0.2) is 0 Å². The van der Waals surface area contributed by atoms with Crippen molar-refractivity contribution in [2.24, 2.45) is 0 Å². The highest BCUT2D eigenvalue weighted by Crippen LogP contribution is 2.45. The molecule has 0 spiro atoms. The molecule has 0 saturated carbocycles. The molecule has 0 fully saturated rings. The number of rotatable bonds is 1. The first-order valence-electron chi connectivity index (χ1n) is 9.11. The Kier molecular flexibility index (Phi) is 3.71. The lowest BCUT2D eigenvalue weighted by Gasteiger charge is -2.36. The van der Waals surface area contributed by atoms with E-state index in [4.69, 9.17) is 9.47 Å². The predicted octanol–water partition coefficient (Wildman–Crippen LogP) is 4.83. The quantitative estimate of drug-likeness (QED) is 0.809. The van der Waals surface area contributed by atoms with Gasteiger partial charge in [-0.2, -0.15) is 0 Å². The van der Waals surface area contributed by atoms with Crippen LogP contribution in [-0.4, -0.2) is 17.3 Å². The summed E-state index contributed by atoms with van der Waals surface area (Å²) >= 11 is 0. The number of phenols is 1. The minimum atomic E-state index is -0.107. The van der Waals surface area contributed by atoms with Crippen molar-refractivity contribution >= 4 is 0 Å². The third-order valence-corrected chi connectivity index (χ3v) is 5.73. The van der Waals surface area contributed by atoms with Gasteiger partial charge in [-0.3, -0.25) is 0 Å². The van der Waals surface area contributed by atoms with Crippen LogP contribution in [0.2, 0.25) is 0 Å². The van der Waals surface area contributed by atoms with Gasteiger partial charge < -0.3 is 14.6 Å². The molecule has 1 atom stereocenters. The Morgan fingerprint density at radius 2 is 1.92 bits per heavy atom. The van der Waals surface area contributed by atoms with Gasteiger partial charge in [-0.25, -0.2) is 0 Å². The molecular formula is C22H26O3. The van der Waals surface area contributed by atoms with Crippen molar-refractivity contribution in [3.05, 3.63) is 52.1 Å². The van der Waals surface area contributed by atoms with E-state index in [0.717, 1.165) is 47.5 Å². The average Bonchev–Trinajstić information content (AvgIpc) is 2.58. The Morgan fingerprint density at radius 3 is 2.72 bits per heavy atom. The van der Waals surface area contributed by atoms with Crippen LogP contribution in [0.15, 0.2) is 24.3 Å². The van der Waals surface area contributed by atoms with E-state index >= 15 is 0 Å². The molecule has 0 saturated heterocycles. The molecule has 1 N–H and O–H groups in total. The SMILES string of the molecule is Cc1ccc(C2COc3c(ccc4c3CCC(C)(C)O4)C2)c(O)c1C. The number of hydrogen-bond acceptors (Lipinski definition) is 3. The number of hydrogen-bond donors (Lipinski definition) is 1. The normalized spacial score (nSPS) is 20.9. The summed E-state index contributed by atoms with van der Waals surface area (Å²) in [7, 11) is 0. The zero-order valence-corrected chi connectivity index (χ0v) is 15.5. The van der Waals surface area contributed by atoms with Gasteiger partial charge in [-0.15, -0.1) is 0 Å². The van der Waals surface area contributed by atoms with Gasteiger partial charge in [0, 0.05) is 17.0 Å². The maximum Gasteiger partial charge on any atom is 0.129 e. The molecule has 2 aromatic carbocycles. The topological polar surface area (TPSA) is 38.7 Å². The van der Waals surface area contributed by atoms with Crippen molar-refractivity contribution in [1.29, 1.82) is 0 Å². The van der Waals surface area contributed by atoms with Crippen LogP contribution in [0.1, 0.15) is 54.0 Å². The standard InChI is InChI=1S/C22H26O3/c1-13-5-7-17(20(23)14(13)2)16-11-15-6-8-19-18(21(15)24-12-16)9-10-22(3,4)25-19/h5-8,16,23H,9-12H2,1-4H3. The molecular weight excluding hydrogens is 312 g/mol. The molecule has 2 aromatic rings. The van der Waals surface area contributed by atoms with Crippen LogP contribution >= 0.6 is 0 Å². The fourth-order valence-corrected chi connectivity index (χ4v) is 3.97. The fourth-order valence-electron chi connectivity index (χ4n) is 3.97. The maximum atomic E-state index is 10.6. The van der Waals surface area contributed by atoms with Crippen LogP contribution in [-0.2, 0) is 12.8 Å². The van der Waals surface area contributed by atoms with Gasteiger partial charge in [-0.1, -0.05) is 18.2 Å². The van der Waals surface area contributed by atoms with E-state index in [2.05, 4.69) is 32.0 Å². The van der Waals surface area contributed by atoms with Gasteiger partial charge in [0.1, 0.15) is 22.8 Å². The maximum absolute atomic E-state index is 10.6. The van der Waals surface area contributed by atoms with Crippen LogP contribution in [0, 0.1) is 13.8 Å². The van der Waals surface area contributed by atoms with Crippen molar-refractivity contribution in [2.45, 2.75) is 58.5 Å². The minimum absolute atomic E-state index is 0.107. The number of aryl methyl sites for hydroxylation is 1. The van der Waals surface area contributed by atoms with E-state index < -0.39 is 0 Å². The van der Waals surface area contributed by atoms with Gasteiger partial charge in [0.05, 0.1) is 6.61 Å². The second-order valence-electron chi connectivity index (χ2n) is 8.05. The molecule has 2 aliphatic heterocycles. The van der Waals surface area contributed by atoms with E-state index in [0.29, 0.717) is 12.4 Å². The number of benzene rings is 2. The summed E-state index contributed by atoms with van der Waals surface area (Å²) in [5, 5.41) is 10.6. The monoisotopic (exact) mass is 338 g/mol. The Morgan fingerprint density at radius 1 is 1.12 bits per heavy atom. The van der Waals surface area contributed by atoms with Gasteiger partial charge in [-0.05, 0) is 69.7 Å². The Hall–Kier alpha value is -2.16. The van der Waals surface area contributed by atoms with E-state index in [1.807, 2.05) is 19.9 Å². The number of fused-ring (bicyclic) bond motifs is 3. The zero-order chi connectivity index (χ0) is 17.8. The lowest BCUT2D eigenvalue weighted by molar-refractivity contribution is 0.0826. The molecule has 0 aliphatic carbocycles. The molecule has 2 heterocycles. The van der Waals surface area contributed by atoms with Crippen molar-refractivity contribution < 1.29 is 14.6 Å². The first-order chi connectivity index (χ1) is 11.9. The second-order valence-corrected chi connectivity index (χ2v) is 8.05. The molecule has 0 aromatic heterocycles. The Bertz CT molecular complexity index is 836. The molecule has 25 heavy (non-hydrogen) atoms. The summed E-state index contributed by atoms with van der Waals surface area (Å²) in [5.74, 6) is 2.57. The fraction of sp³-hybridized carbons (Fsp3) is 0.455. The number of aromatic hydroxyl groups is 1. The predicted molar refractivity (Wildman–Crippen MR) is 99.0 cm³/mol. The van der Waals surface area contributed by atoms with Crippen molar-refractivity contribution in [2.75, 3.05) is 6.61 Å². The summed E-state index contributed by atoms with van der Waals surface area (Å²) in [6.45, 7) is 8.87. The van der Waals surface area contributed by atoms with Crippen LogP contribution in [0.3, 0.4) is 0 Å². The minimum Gasteiger partial charge on any atom is -0.507 e. The molecule has 3 nitrogen and oxygen atoms in total. The van der Waals surface area contributed by atoms with Crippen LogP contribution in [0.4, 0.5) is 0 Å². The van der Waals surface area contributed by atoms with Crippen molar-refractivity contribution in [3.8, 4) is 17.2 Å².